The van der Waals surface area contributed by atoms with Gasteiger partial charge in [0.15, 0.2) is 0 Å². The molecule has 1 aliphatic rings. The maximum atomic E-state index is 11.2. The summed E-state index contributed by atoms with van der Waals surface area (Å²) in [5.41, 5.74) is 0.937. The number of aryl methyl sites for hydroxylation is 1. The minimum Gasteiger partial charge on any atom is -0.481 e. The van der Waals surface area contributed by atoms with Crippen molar-refractivity contribution in [3.05, 3.63) is 18.2 Å². The van der Waals surface area contributed by atoms with Gasteiger partial charge in [0.2, 0.25) is 0 Å². The van der Waals surface area contributed by atoms with Gasteiger partial charge in [-0.2, -0.15) is 0 Å². The van der Waals surface area contributed by atoms with Gasteiger partial charge in [-0.05, 0) is 19.9 Å². The van der Waals surface area contributed by atoms with E-state index < -0.39 is 5.97 Å². The Kier molecular flexibility index (Phi) is 4.24. The molecule has 1 saturated carbocycles. The van der Waals surface area contributed by atoms with Crippen LogP contribution in [0, 0.1) is 0 Å². The lowest BCUT2D eigenvalue weighted by Gasteiger charge is -2.44. The first-order valence-corrected chi connectivity index (χ1v) is 6.92. The molecular weight excluding hydrogens is 242 g/mol. The zero-order chi connectivity index (χ0) is 13.9. The summed E-state index contributed by atoms with van der Waals surface area (Å²) >= 11 is 0. The molecule has 5 heteroatoms. The maximum absolute atomic E-state index is 11.2. The molecule has 0 saturated heterocycles. The summed E-state index contributed by atoms with van der Waals surface area (Å²) in [6.45, 7) is 0.754. The lowest BCUT2D eigenvalue weighted by atomic mass is 9.78. The molecule has 1 aromatic heterocycles. The van der Waals surface area contributed by atoms with Crippen LogP contribution in [-0.4, -0.2) is 38.1 Å². The van der Waals surface area contributed by atoms with E-state index in [2.05, 4.69) is 9.88 Å². The Hall–Kier alpha value is -1.36. The van der Waals surface area contributed by atoms with Crippen molar-refractivity contribution in [3.63, 3.8) is 0 Å². The fourth-order valence-electron chi connectivity index (χ4n) is 3.13. The number of carboxylic acid groups (broad SMARTS) is 1. The number of hydrogen-bond donors (Lipinski definition) is 1. The van der Waals surface area contributed by atoms with Gasteiger partial charge in [-0.1, -0.05) is 19.3 Å². The van der Waals surface area contributed by atoms with Gasteiger partial charge >= 0.3 is 5.97 Å². The Bertz CT molecular complexity index is 436. The molecule has 1 N–H and O–H groups in total. The van der Waals surface area contributed by atoms with E-state index in [4.69, 9.17) is 0 Å². The molecule has 0 bridgehead atoms. The van der Waals surface area contributed by atoms with Crippen LogP contribution in [0.1, 0.15) is 44.2 Å². The summed E-state index contributed by atoms with van der Waals surface area (Å²) in [5, 5.41) is 9.22. The second kappa shape index (κ2) is 5.74. The number of nitrogens with zero attached hydrogens (tertiary/aromatic N) is 3. The number of imidazole rings is 1. The van der Waals surface area contributed by atoms with Crippen molar-refractivity contribution in [2.45, 2.75) is 50.6 Å². The quantitative estimate of drug-likeness (QED) is 0.885. The summed E-state index contributed by atoms with van der Waals surface area (Å²) in [4.78, 5) is 17.5. The zero-order valence-corrected chi connectivity index (χ0v) is 11.8. The number of carboxylic acids is 1. The predicted octanol–water partition coefficient (Wildman–Crippen LogP) is 2.03. The van der Waals surface area contributed by atoms with Gasteiger partial charge in [-0.25, -0.2) is 4.98 Å². The first-order chi connectivity index (χ1) is 9.03. The Balaban J connectivity index is 2.13. The highest BCUT2D eigenvalue weighted by atomic mass is 16.4. The van der Waals surface area contributed by atoms with Crippen LogP contribution in [0.2, 0.25) is 0 Å². The van der Waals surface area contributed by atoms with E-state index in [1.807, 2.05) is 24.9 Å². The third-order valence-electron chi connectivity index (χ3n) is 4.39. The second-order valence-corrected chi connectivity index (χ2v) is 5.71. The Labute approximate surface area is 114 Å². The molecular formula is C14H23N3O2. The lowest BCUT2D eigenvalue weighted by molar-refractivity contribution is -0.141. The molecule has 0 radical (unpaired) electrons. The summed E-state index contributed by atoms with van der Waals surface area (Å²) in [5.74, 6) is -0.696. The Morgan fingerprint density at radius 3 is 2.68 bits per heavy atom. The van der Waals surface area contributed by atoms with Crippen molar-refractivity contribution < 1.29 is 9.90 Å². The monoisotopic (exact) mass is 265 g/mol. The molecule has 19 heavy (non-hydrogen) atoms. The first kappa shape index (κ1) is 14.1. The van der Waals surface area contributed by atoms with E-state index >= 15 is 0 Å². The smallest absolute Gasteiger partial charge is 0.305 e. The first-order valence-electron chi connectivity index (χ1n) is 6.92. The van der Waals surface area contributed by atoms with E-state index in [-0.39, 0.29) is 12.0 Å². The van der Waals surface area contributed by atoms with Crippen LogP contribution in [0.3, 0.4) is 0 Å². The third kappa shape index (κ3) is 3.15. The fraction of sp³-hybridized carbons (Fsp3) is 0.714. The van der Waals surface area contributed by atoms with Crippen molar-refractivity contribution in [1.29, 1.82) is 0 Å². The molecule has 0 amide bonds. The molecule has 0 aromatic carbocycles. The van der Waals surface area contributed by atoms with Crippen LogP contribution in [0.25, 0.3) is 0 Å². The van der Waals surface area contributed by atoms with Crippen molar-refractivity contribution >= 4 is 5.97 Å². The average Bonchev–Trinajstić information content (AvgIpc) is 2.75. The van der Waals surface area contributed by atoms with E-state index in [0.29, 0.717) is 0 Å². The largest absolute Gasteiger partial charge is 0.481 e. The third-order valence-corrected chi connectivity index (χ3v) is 4.39. The predicted molar refractivity (Wildman–Crippen MR) is 72.7 cm³/mol. The van der Waals surface area contributed by atoms with Gasteiger partial charge in [0.25, 0.3) is 0 Å². The topological polar surface area (TPSA) is 58.4 Å². The second-order valence-electron chi connectivity index (χ2n) is 5.71. The van der Waals surface area contributed by atoms with Gasteiger partial charge < -0.3 is 9.67 Å². The number of aromatic nitrogens is 2. The fourth-order valence-corrected chi connectivity index (χ4v) is 3.13. The highest BCUT2D eigenvalue weighted by molar-refractivity contribution is 5.68. The molecule has 0 atom stereocenters. The van der Waals surface area contributed by atoms with Crippen LogP contribution in [-0.2, 0) is 18.4 Å². The molecule has 1 aliphatic carbocycles. The van der Waals surface area contributed by atoms with Crippen LogP contribution in [0.4, 0.5) is 0 Å². The van der Waals surface area contributed by atoms with Crippen molar-refractivity contribution in [2.75, 3.05) is 7.05 Å². The molecule has 1 aromatic rings. The molecule has 0 unspecified atom stereocenters. The molecule has 106 valence electrons. The molecule has 1 heterocycles. The van der Waals surface area contributed by atoms with Gasteiger partial charge in [-0.3, -0.25) is 9.69 Å². The number of carbonyl (C=O) groups is 1. The van der Waals surface area contributed by atoms with Gasteiger partial charge in [-0.15, -0.1) is 0 Å². The molecule has 5 nitrogen and oxygen atoms in total. The van der Waals surface area contributed by atoms with E-state index in [1.165, 1.54) is 6.42 Å². The van der Waals surface area contributed by atoms with Crippen molar-refractivity contribution in [2.24, 2.45) is 7.05 Å². The highest BCUT2D eigenvalue weighted by Crippen LogP contribution is 2.36. The maximum Gasteiger partial charge on any atom is 0.305 e. The van der Waals surface area contributed by atoms with E-state index in [0.717, 1.165) is 37.9 Å². The number of aliphatic carboxylic acids is 1. The zero-order valence-electron chi connectivity index (χ0n) is 11.8. The summed E-state index contributed by atoms with van der Waals surface area (Å²) in [6, 6.07) is 0. The van der Waals surface area contributed by atoms with E-state index in [9.17, 15) is 9.90 Å². The summed E-state index contributed by atoms with van der Waals surface area (Å²) < 4.78 is 1.99. The Morgan fingerprint density at radius 1 is 1.47 bits per heavy atom. The molecule has 0 aliphatic heterocycles. The highest BCUT2D eigenvalue weighted by Gasteiger charge is 2.38. The van der Waals surface area contributed by atoms with Crippen LogP contribution < -0.4 is 0 Å². The Morgan fingerprint density at radius 2 is 2.16 bits per heavy atom. The van der Waals surface area contributed by atoms with Crippen LogP contribution in [0.5, 0.6) is 0 Å². The molecule has 0 spiro atoms. The van der Waals surface area contributed by atoms with Gasteiger partial charge in [0, 0.05) is 25.3 Å². The van der Waals surface area contributed by atoms with Gasteiger partial charge in [0.1, 0.15) is 0 Å². The lowest BCUT2D eigenvalue weighted by Crippen LogP contribution is -2.49. The van der Waals surface area contributed by atoms with Crippen LogP contribution in [0.15, 0.2) is 12.5 Å². The van der Waals surface area contributed by atoms with Crippen molar-refractivity contribution in [1.82, 2.24) is 14.5 Å². The molecule has 2 rings (SSSR count). The molecule has 1 fully saturated rings. The number of rotatable bonds is 5. The summed E-state index contributed by atoms with van der Waals surface area (Å²) in [6.07, 6.45) is 9.32. The number of hydrogen-bond acceptors (Lipinski definition) is 3. The van der Waals surface area contributed by atoms with E-state index in [1.54, 1.807) is 6.33 Å². The minimum absolute atomic E-state index is 0.186. The SMILES string of the molecule is CN(Cc1cncn1C)C1(CC(=O)O)CCCCC1. The average molecular weight is 265 g/mol. The minimum atomic E-state index is -0.696. The standard InChI is InChI=1S/C14H23N3O2/c1-16-11-15-9-12(16)10-17(2)14(8-13(18)19)6-4-3-5-7-14/h9,11H,3-8,10H2,1-2H3,(H,18,19). The van der Waals surface area contributed by atoms with Crippen molar-refractivity contribution in [3.8, 4) is 0 Å². The van der Waals surface area contributed by atoms with Crippen LogP contribution >= 0.6 is 0 Å². The summed E-state index contributed by atoms with van der Waals surface area (Å²) in [7, 11) is 4.02. The van der Waals surface area contributed by atoms with Gasteiger partial charge in [0.05, 0.1) is 18.4 Å². The normalized spacial score (nSPS) is 18.7.